The van der Waals surface area contributed by atoms with Gasteiger partial charge in [-0.15, -0.1) is 0 Å². The molecule has 1 aliphatic heterocycles. The van der Waals surface area contributed by atoms with E-state index in [1.807, 2.05) is 11.8 Å². The molecule has 3 amide bonds. The summed E-state index contributed by atoms with van der Waals surface area (Å²) in [5.41, 5.74) is 0.276. The van der Waals surface area contributed by atoms with Gasteiger partial charge in [-0.3, -0.25) is 14.4 Å². The third kappa shape index (κ3) is 4.28. The third-order valence-corrected chi connectivity index (χ3v) is 7.85. The van der Waals surface area contributed by atoms with Crippen LogP contribution in [-0.2, 0) is 14.4 Å². The summed E-state index contributed by atoms with van der Waals surface area (Å²) in [6, 6.07) is 0.0176. The Morgan fingerprint density at radius 2 is 1.70 bits per heavy atom. The van der Waals surface area contributed by atoms with Crippen LogP contribution in [0.5, 0.6) is 0 Å². The molecule has 0 aromatic heterocycles. The van der Waals surface area contributed by atoms with Crippen molar-refractivity contribution in [1.29, 1.82) is 0 Å². The molecular formula is C20H31N3O3S. The van der Waals surface area contributed by atoms with E-state index in [2.05, 4.69) is 10.6 Å². The van der Waals surface area contributed by atoms with Gasteiger partial charge in [-0.2, -0.15) is 11.8 Å². The van der Waals surface area contributed by atoms with E-state index in [4.69, 9.17) is 0 Å². The van der Waals surface area contributed by atoms with Crippen molar-refractivity contribution in [1.82, 2.24) is 15.5 Å². The molecule has 0 aromatic carbocycles. The van der Waals surface area contributed by atoms with Gasteiger partial charge in [0.2, 0.25) is 17.7 Å². The van der Waals surface area contributed by atoms with Crippen LogP contribution < -0.4 is 10.6 Å². The van der Waals surface area contributed by atoms with Crippen LogP contribution in [-0.4, -0.2) is 59.8 Å². The molecule has 1 unspecified atom stereocenters. The molecule has 3 aliphatic carbocycles. The first-order valence-corrected chi connectivity index (χ1v) is 11.6. The molecule has 2 N–H and O–H groups in total. The molecule has 3 saturated carbocycles. The van der Waals surface area contributed by atoms with Gasteiger partial charge in [-0.05, 0) is 68.3 Å². The molecule has 0 aromatic rings. The van der Waals surface area contributed by atoms with Crippen LogP contribution in [0.1, 0.15) is 51.4 Å². The summed E-state index contributed by atoms with van der Waals surface area (Å²) in [5.74, 6) is 2.81. The first-order chi connectivity index (χ1) is 13.0. The van der Waals surface area contributed by atoms with Gasteiger partial charge in [0, 0.05) is 31.0 Å². The fraction of sp³-hybridized carbons (Fsp3) is 0.850. The Morgan fingerprint density at radius 3 is 2.37 bits per heavy atom. The SMILES string of the molecule is CN(CC(=O)N[C@H]1CCC[C@H]1NC(=O)C1CC12CCSCC2)C(=O)C1CC1. The summed E-state index contributed by atoms with van der Waals surface area (Å²) in [7, 11) is 1.70. The van der Waals surface area contributed by atoms with Gasteiger partial charge in [-0.1, -0.05) is 0 Å². The van der Waals surface area contributed by atoms with Crippen molar-refractivity contribution < 1.29 is 14.4 Å². The summed E-state index contributed by atoms with van der Waals surface area (Å²) >= 11 is 2.00. The zero-order valence-electron chi connectivity index (χ0n) is 16.2. The highest BCUT2D eigenvalue weighted by atomic mass is 32.2. The Bertz CT molecular complexity index is 616. The van der Waals surface area contributed by atoms with Gasteiger partial charge in [0.15, 0.2) is 0 Å². The van der Waals surface area contributed by atoms with E-state index in [1.54, 1.807) is 7.05 Å². The molecule has 0 radical (unpaired) electrons. The molecule has 1 saturated heterocycles. The van der Waals surface area contributed by atoms with Crippen molar-refractivity contribution in [2.24, 2.45) is 17.3 Å². The molecule has 0 bridgehead atoms. The van der Waals surface area contributed by atoms with E-state index in [1.165, 1.54) is 29.2 Å². The monoisotopic (exact) mass is 393 g/mol. The van der Waals surface area contributed by atoms with Crippen molar-refractivity contribution in [3.63, 3.8) is 0 Å². The molecule has 27 heavy (non-hydrogen) atoms. The van der Waals surface area contributed by atoms with Crippen LogP contribution in [0, 0.1) is 17.3 Å². The van der Waals surface area contributed by atoms with E-state index in [0.29, 0.717) is 0 Å². The number of hydrogen-bond donors (Lipinski definition) is 2. The highest BCUT2D eigenvalue weighted by molar-refractivity contribution is 7.99. The zero-order chi connectivity index (χ0) is 19.0. The lowest BCUT2D eigenvalue weighted by Crippen LogP contribution is -2.51. The normalized spacial score (nSPS) is 31.4. The van der Waals surface area contributed by atoms with Crippen molar-refractivity contribution in [3.8, 4) is 0 Å². The minimum atomic E-state index is -0.121. The average Bonchev–Trinajstić information content (AvgIpc) is 3.56. The molecule has 4 rings (SSSR count). The molecule has 3 atom stereocenters. The van der Waals surface area contributed by atoms with Gasteiger partial charge >= 0.3 is 0 Å². The summed E-state index contributed by atoms with van der Waals surface area (Å²) in [6.07, 6.45) is 8.10. The van der Waals surface area contributed by atoms with Gasteiger partial charge in [-0.25, -0.2) is 0 Å². The van der Waals surface area contributed by atoms with Crippen LogP contribution in [0.25, 0.3) is 0 Å². The summed E-state index contributed by atoms with van der Waals surface area (Å²) in [6.45, 7) is 0.107. The lowest BCUT2D eigenvalue weighted by atomic mass is 9.96. The maximum atomic E-state index is 12.7. The summed E-state index contributed by atoms with van der Waals surface area (Å²) in [5, 5.41) is 6.29. The average molecular weight is 394 g/mol. The lowest BCUT2D eigenvalue weighted by molar-refractivity contribution is -0.136. The van der Waals surface area contributed by atoms with E-state index in [-0.39, 0.29) is 53.6 Å². The third-order valence-electron chi connectivity index (χ3n) is 6.87. The second-order valence-electron chi connectivity index (χ2n) is 8.92. The number of carbonyl (C=O) groups excluding carboxylic acids is 3. The Morgan fingerprint density at radius 1 is 1.04 bits per heavy atom. The minimum Gasteiger partial charge on any atom is -0.351 e. The van der Waals surface area contributed by atoms with Crippen LogP contribution in [0.15, 0.2) is 0 Å². The molecule has 7 heteroatoms. The van der Waals surface area contributed by atoms with Gasteiger partial charge in [0.1, 0.15) is 0 Å². The highest BCUT2D eigenvalue weighted by Gasteiger charge is 2.58. The van der Waals surface area contributed by atoms with Crippen LogP contribution in [0.4, 0.5) is 0 Å². The van der Waals surface area contributed by atoms with Crippen LogP contribution in [0.2, 0.25) is 0 Å². The molecule has 4 aliphatic rings. The zero-order valence-corrected chi connectivity index (χ0v) is 17.0. The van der Waals surface area contributed by atoms with E-state index in [9.17, 15) is 14.4 Å². The van der Waals surface area contributed by atoms with E-state index >= 15 is 0 Å². The molecule has 150 valence electrons. The van der Waals surface area contributed by atoms with Crippen LogP contribution >= 0.6 is 11.8 Å². The van der Waals surface area contributed by atoms with E-state index in [0.717, 1.165) is 38.5 Å². The standard InChI is InChI=1S/C20H31N3O3S/c1-23(19(26)13-5-6-13)12-17(24)21-15-3-2-4-16(15)22-18(25)14-11-20(14)7-9-27-10-8-20/h13-16H,2-12H2,1H3,(H,21,24)(H,22,25)/t14?,15-,16+/m0/s1. The van der Waals surface area contributed by atoms with Crippen LogP contribution in [0.3, 0.4) is 0 Å². The molecule has 1 heterocycles. The number of nitrogens with zero attached hydrogens (tertiary/aromatic N) is 1. The summed E-state index contributed by atoms with van der Waals surface area (Å²) < 4.78 is 0. The van der Waals surface area contributed by atoms with Gasteiger partial charge < -0.3 is 15.5 Å². The van der Waals surface area contributed by atoms with Gasteiger partial charge in [0.25, 0.3) is 0 Å². The predicted molar refractivity (Wildman–Crippen MR) is 105 cm³/mol. The van der Waals surface area contributed by atoms with Crippen molar-refractivity contribution >= 4 is 29.5 Å². The Kier molecular flexibility index (Phi) is 5.41. The number of amides is 3. The van der Waals surface area contributed by atoms with Crippen molar-refractivity contribution in [2.75, 3.05) is 25.1 Å². The maximum absolute atomic E-state index is 12.7. The second-order valence-corrected chi connectivity index (χ2v) is 10.1. The smallest absolute Gasteiger partial charge is 0.239 e. The summed E-state index contributed by atoms with van der Waals surface area (Å²) in [4.78, 5) is 38.6. The minimum absolute atomic E-state index is 0.0116. The highest BCUT2D eigenvalue weighted by Crippen LogP contribution is 2.60. The first-order valence-electron chi connectivity index (χ1n) is 10.4. The fourth-order valence-corrected chi connectivity index (χ4v) is 6.13. The Balaban J connectivity index is 1.24. The topological polar surface area (TPSA) is 78.5 Å². The lowest BCUT2D eigenvalue weighted by Gasteiger charge is -2.25. The largest absolute Gasteiger partial charge is 0.351 e. The van der Waals surface area contributed by atoms with Gasteiger partial charge in [0.05, 0.1) is 6.54 Å². The van der Waals surface area contributed by atoms with E-state index < -0.39 is 0 Å². The quantitative estimate of drug-likeness (QED) is 0.718. The predicted octanol–water partition coefficient (Wildman–Crippen LogP) is 1.54. The molecule has 1 spiro atoms. The number of rotatable bonds is 6. The molecular weight excluding hydrogens is 362 g/mol. The Labute approximate surface area is 165 Å². The van der Waals surface area contributed by atoms with Crippen molar-refractivity contribution in [3.05, 3.63) is 0 Å². The number of carbonyl (C=O) groups is 3. The molecule has 4 fully saturated rings. The number of nitrogens with one attached hydrogen (secondary N) is 2. The number of likely N-dealkylation sites (N-methyl/N-ethyl adjacent to an activating group) is 1. The number of thioether (sulfide) groups is 1. The maximum Gasteiger partial charge on any atom is 0.239 e. The number of hydrogen-bond acceptors (Lipinski definition) is 4. The molecule has 6 nitrogen and oxygen atoms in total. The fourth-order valence-electron chi connectivity index (χ4n) is 4.83. The first kappa shape index (κ1) is 19.1. The second kappa shape index (κ2) is 7.64. The van der Waals surface area contributed by atoms with Crippen molar-refractivity contribution in [2.45, 2.75) is 63.5 Å². The Hall–Kier alpha value is -1.24.